The van der Waals surface area contributed by atoms with Gasteiger partial charge in [-0.05, 0) is 11.6 Å². The number of nitrogens with zero attached hydrogens (tertiary/aromatic N) is 1. The summed E-state index contributed by atoms with van der Waals surface area (Å²) in [7, 11) is 1.45. The normalized spacial score (nSPS) is 13.7. The first-order chi connectivity index (χ1) is 10.4. The molecule has 8 heteroatoms. The maximum Gasteiger partial charge on any atom is 0.253 e. The number of aromatic amines is 1. The molecule has 0 spiro atoms. The molecular weight excluding hydrogens is 329 g/mol. The van der Waals surface area contributed by atoms with Crippen LogP contribution in [0.2, 0.25) is 10.0 Å². The fourth-order valence-corrected chi connectivity index (χ4v) is 3.08. The number of benzene rings is 1. The van der Waals surface area contributed by atoms with Crippen LogP contribution in [0.15, 0.2) is 10.9 Å². The number of carbonyl (C=O) groups excluding carboxylic acids is 1. The minimum atomic E-state index is -0.280. The number of methoxy groups -OCH3 is 1. The highest BCUT2D eigenvalue weighted by Gasteiger charge is 2.28. The van der Waals surface area contributed by atoms with Crippen LogP contribution in [0, 0.1) is 0 Å². The lowest BCUT2D eigenvalue weighted by molar-refractivity contribution is -0.135. The number of anilines is 1. The van der Waals surface area contributed by atoms with Gasteiger partial charge in [0.1, 0.15) is 6.61 Å². The Morgan fingerprint density at radius 3 is 2.73 bits per heavy atom. The zero-order valence-electron chi connectivity index (χ0n) is 11.7. The van der Waals surface area contributed by atoms with Gasteiger partial charge in [-0.2, -0.15) is 0 Å². The van der Waals surface area contributed by atoms with Gasteiger partial charge in [0.15, 0.2) is 0 Å². The van der Waals surface area contributed by atoms with E-state index in [1.54, 1.807) is 11.0 Å². The second kappa shape index (κ2) is 5.46. The Morgan fingerprint density at radius 1 is 1.36 bits per heavy atom. The van der Waals surface area contributed by atoms with Crippen LogP contribution < -0.4 is 11.3 Å². The van der Waals surface area contributed by atoms with Gasteiger partial charge in [0.05, 0.1) is 27.8 Å². The maximum atomic E-state index is 12.2. The number of nitrogens with one attached hydrogen (secondary N) is 1. The number of H-pyrrole nitrogens is 1. The molecule has 3 N–H and O–H groups in total. The SMILES string of the molecule is COCC(=O)N1Cc2c(c3cc(N)c(Cl)c(Cl)c3[nH]c2=O)C1. The second-order valence-corrected chi connectivity index (χ2v) is 5.87. The van der Waals surface area contributed by atoms with E-state index in [1.807, 2.05) is 0 Å². The zero-order valence-corrected chi connectivity index (χ0v) is 13.2. The average molecular weight is 342 g/mol. The molecule has 1 aromatic carbocycles. The Labute approximate surface area is 135 Å². The second-order valence-electron chi connectivity index (χ2n) is 5.11. The lowest BCUT2D eigenvalue weighted by Crippen LogP contribution is -2.29. The van der Waals surface area contributed by atoms with Crippen LogP contribution in [-0.4, -0.2) is 29.5 Å². The molecule has 0 saturated carbocycles. The summed E-state index contributed by atoms with van der Waals surface area (Å²) in [6, 6.07) is 1.67. The standard InChI is InChI=1S/C14H13Cl2N3O3/c1-22-5-10(20)19-3-7-6-2-9(17)11(15)12(16)13(6)18-14(21)8(7)4-19/h2H,3-5,17H2,1H3,(H,18,21). The van der Waals surface area contributed by atoms with Crippen LogP contribution in [0.1, 0.15) is 11.1 Å². The highest BCUT2D eigenvalue weighted by atomic mass is 35.5. The minimum absolute atomic E-state index is 0.0292. The van der Waals surface area contributed by atoms with Crippen LogP contribution in [0.5, 0.6) is 0 Å². The van der Waals surface area contributed by atoms with Crippen molar-refractivity contribution in [3.63, 3.8) is 0 Å². The lowest BCUT2D eigenvalue weighted by Gasteiger charge is -2.14. The summed E-state index contributed by atoms with van der Waals surface area (Å²) in [5, 5.41) is 1.11. The van der Waals surface area contributed by atoms with Crippen molar-refractivity contribution < 1.29 is 9.53 Å². The van der Waals surface area contributed by atoms with Crippen molar-refractivity contribution in [1.29, 1.82) is 0 Å². The molecule has 2 aromatic rings. The van der Waals surface area contributed by atoms with Crippen LogP contribution >= 0.6 is 23.2 Å². The van der Waals surface area contributed by atoms with Crippen molar-refractivity contribution in [3.05, 3.63) is 37.6 Å². The van der Waals surface area contributed by atoms with Gasteiger partial charge in [-0.25, -0.2) is 0 Å². The van der Waals surface area contributed by atoms with Crippen LogP contribution in [0.3, 0.4) is 0 Å². The Bertz CT molecular complexity index is 848. The minimum Gasteiger partial charge on any atom is -0.397 e. The summed E-state index contributed by atoms with van der Waals surface area (Å²) < 4.78 is 4.85. The summed E-state index contributed by atoms with van der Waals surface area (Å²) >= 11 is 12.2. The van der Waals surface area contributed by atoms with Gasteiger partial charge < -0.3 is 20.4 Å². The predicted molar refractivity (Wildman–Crippen MR) is 85.1 cm³/mol. The first-order valence-electron chi connectivity index (χ1n) is 6.52. The van der Waals surface area contributed by atoms with Gasteiger partial charge in [0, 0.05) is 24.6 Å². The molecular formula is C14H13Cl2N3O3. The third-order valence-corrected chi connectivity index (χ3v) is 4.64. The molecule has 22 heavy (non-hydrogen) atoms. The fraction of sp³-hybridized carbons (Fsp3) is 0.286. The summed E-state index contributed by atoms with van der Waals surface area (Å²) in [6.07, 6.45) is 0. The molecule has 116 valence electrons. The number of nitrogen functional groups attached to an aromatic ring is 1. The monoisotopic (exact) mass is 341 g/mol. The van der Waals surface area contributed by atoms with Crippen molar-refractivity contribution in [3.8, 4) is 0 Å². The molecule has 0 unspecified atom stereocenters. The summed E-state index contributed by atoms with van der Waals surface area (Å²) in [4.78, 5) is 28.5. The molecule has 3 rings (SSSR count). The number of aromatic nitrogens is 1. The Kier molecular flexibility index (Phi) is 3.76. The Balaban J connectivity index is 2.18. The van der Waals surface area contributed by atoms with Gasteiger partial charge in [0.25, 0.3) is 5.56 Å². The average Bonchev–Trinajstić information content (AvgIpc) is 2.93. The molecule has 0 radical (unpaired) electrons. The molecule has 6 nitrogen and oxygen atoms in total. The number of hydrogen-bond acceptors (Lipinski definition) is 4. The number of hydrogen-bond donors (Lipinski definition) is 2. The molecule has 2 heterocycles. The summed E-state index contributed by atoms with van der Waals surface area (Å²) in [5.41, 5.74) is 7.62. The quantitative estimate of drug-likeness (QED) is 0.816. The molecule has 1 aliphatic rings. The van der Waals surface area contributed by atoms with E-state index in [-0.39, 0.29) is 34.7 Å². The van der Waals surface area contributed by atoms with E-state index < -0.39 is 0 Å². The van der Waals surface area contributed by atoms with Gasteiger partial charge in [0.2, 0.25) is 5.91 Å². The number of halogens is 2. The van der Waals surface area contributed by atoms with Crippen LogP contribution in [0.25, 0.3) is 10.9 Å². The predicted octanol–water partition coefficient (Wildman–Crippen LogP) is 1.91. The first-order valence-corrected chi connectivity index (χ1v) is 7.27. The van der Waals surface area contributed by atoms with E-state index in [1.165, 1.54) is 7.11 Å². The molecule has 0 aliphatic carbocycles. The largest absolute Gasteiger partial charge is 0.397 e. The van der Waals surface area contributed by atoms with E-state index in [9.17, 15) is 9.59 Å². The lowest BCUT2D eigenvalue weighted by atomic mass is 10.1. The number of ether oxygens (including phenoxy) is 1. The van der Waals surface area contributed by atoms with Crippen molar-refractivity contribution in [2.45, 2.75) is 13.1 Å². The highest BCUT2D eigenvalue weighted by Crippen LogP contribution is 2.37. The van der Waals surface area contributed by atoms with Crippen molar-refractivity contribution in [2.24, 2.45) is 0 Å². The van der Waals surface area contributed by atoms with Gasteiger partial charge in [-0.3, -0.25) is 9.59 Å². The molecule has 0 fully saturated rings. The van der Waals surface area contributed by atoms with E-state index in [2.05, 4.69) is 4.98 Å². The zero-order chi connectivity index (χ0) is 16.0. The molecule has 1 amide bonds. The number of fused-ring (bicyclic) bond motifs is 3. The summed E-state index contributed by atoms with van der Waals surface area (Å²) in [6.45, 7) is 0.525. The molecule has 0 bridgehead atoms. The number of rotatable bonds is 2. The molecule has 0 atom stereocenters. The van der Waals surface area contributed by atoms with Crippen LogP contribution in [0.4, 0.5) is 5.69 Å². The highest BCUT2D eigenvalue weighted by molar-refractivity contribution is 6.46. The maximum absolute atomic E-state index is 12.2. The smallest absolute Gasteiger partial charge is 0.253 e. The van der Waals surface area contributed by atoms with Gasteiger partial charge in [-0.15, -0.1) is 0 Å². The number of nitrogens with two attached hydrogens (primary N) is 1. The fourth-order valence-electron chi connectivity index (χ4n) is 2.67. The number of carbonyl (C=O) groups is 1. The number of amides is 1. The third kappa shape index (κ3) is 2.24. The summed E-state index contributed by atoms with van der Waals surface area (Å²) in [5.74, 6) is -0.181. The van der Waals surface area contributed by atoms with E-state index in [0.29, 0.717) is 28.7 Å². The van der Waals surface area contributed by atoms with E-state index in [0.717, 1.165) is 5.56 Å². The topological polar surface area (TPSA) is 88.4 Å². The van der Waals surface area contributed by atoms with Crippen molar-refractivity contribution >= 4 is 45.7 Å². The van der Waals surface area contributed by atoms with E-state index >= 15 is 0 Å². The van der Waals surface area contributed by atoms with Gasteiger partial charge in [-0.1, -0.05) is 23.2 Å². The molecule has 1 aromatic heterocycles. The molecule has 0 saturated heterocycles. The third-order valence-electron chi connectivity index (χ3n) is 3.76. The Hall–Kier alpha value is -1.76. The van der Waals surface area contributed by atoms with Crippen LogP contribution in [-0.2, 0) is 22.6 Å². The van der Waals surface area contributed by atoms with Crippen molar-refractivity contribution in [1.82, 2.24) is 9.88 Å². The Morgan fingerprint density at radius 2 is 2.05 bits per heavy atom. The molecule has 1 aliphatic heterocycles. The van der Waals surface area contributed by atoms with E-state index in [4.69, 9.17) is 33.7 Å². The van der Waals surface area contributed by atoms with Gasteiger partial charge >= 0.3 is 0 Å². The number of pyridine rings is 1. The first kappa shape index (κ1) is 15.1. The van der Waals surface area contributed by atoms with Crippen molar-refractivity contribution in [2.75, 3.05) is 19.5 Å².